The number of ether oxygens (including phenoxy) is 1. The van der Waals surface area contributed by atoms with Crippen LogP contribution in [0.15, 0.2) is 59.7 Å². The van der Waals surface area contributed by atoms with E-state index in [0.717, 1.165) is 11.9 Å². The molecule has 6 rings (SSSR count). The molecule has 0 radical (unpaired) electrons. The fourth-order valence-electron chi connectivity index (χ4n) is 4.63. The van der Waals surface area contributed by atoms with E-state index in [1.165, 1.54) is 0 Å². The lowest BCUT2D eigenvalue weighted by Gasteiger charge is -2.24. The molecule has 1 aliphatic heterocycles. The number of aromatic amines is 2. The Kier molecular flexibility index (Phi) is 5.67. The molecule has 5 aromatic rings. The summed E-state index contributed by atoms with van der Waals surface area (Å²) in [5.41, 5.74) is 2.27. The van der Waals surface area contributed by atoms with Crippen molar-refractivity contribution in [1.82, 2.24) is 30.2 Å². The first-order valence-electron chi connectivity index (χ1n) is 11.8. The van der Waals surface area contributed by atoms with Crippen molar-refractivity contribution in [2.24, 2.45) is 0 Å². The first-order valence-corrected chi connectivity index (χ1v) is 11.8. The number of H-pyrrole nitrogens is 2. The summed E-state index contributed by atoms with van der Waals surface area (Å²) in [4.78, 5) is 32.6. The molecule has 0 saturated carbocycles. The number of morpholine rings is 1. The van der Waals surface area contributed by atoms with E-state index < -0.39 is 5.82 Å². The van der Waals surface area contributed by atoms with Crippen LogP contribution in [0.4, 0.5) is 10.1 Å². The van der Waals surface area contributed by atoms with E-state index in [-0.39, 0.29) is 34.6 Å². The lowest BCUT2D eigenvalue weighted by Crippen LogP contribution is -2.33. The molecule has 1 saturated heterocycles. The van der Waals surface area contributed by atoms with Crippen LogP contribution in [-0.2, 0) is 4.74 Å². The van der Waals surface area contributed by atoms with Crippen molar-refractivity contribution in [2.75, 3.05) is 25.0 Å². The molecule has 1 aliphatic rings. The molecule has 3 aromatic heterocycles. The van der Waals surface area contributed by atoms with Gasteiger partial charge >= 0.3 is 0 Å². The number of benzene rings is 2. The second kappa shape index (κ2) is 9.14. The van der Waals surface area contributed by atoms with Gasteiger partial charge in [-0.2, -0.15) is 0 Å². The minimum Gasteiger partial charge on any atom is -0.374 e. The molecule has 36 heavy (non-hydrogen) atoms. The van der Waals surface area contributed by atoms with Gasteiger partial charge < -0.3 is 25.3 Å². The average molecular weight is 486 g/mol. The maximum atomic E-state index is 15.6. The maximum absolute atomic E-state index is 15.6. The number of halogens is 1. The zero-order chi connectivity index (χ0) is 24.6. The van der Waals surface area contributed by atoms with Crippen LogP contribution in [0.2, 0.25) is 0 Å². The predicted octanol–water partition coefficient (Wildman–Crippen LogP) is 3.83. The highest BCUT2D eigenvalue weighted by Crippen LogP contribution is 2.34. The molecule has 1 fully saturated rings. The highest BCUT2D eigenvalue weighted by molar-refractivity contribution is 5.99. The van der Waals surface area contributed by atoms with Crippen LogP contribution in [0, 0.1) is 5.82 Å². The van der Waals surface area contributed by atoms with Crippen molar-refractivity contribution >= 4 is 27.6 Å². The van der Waals surface area contributed by atoms with Crippen molar-refractivity contribution in [3.8, 4) is 11.4 Å². The van der Waals surface area contributed by atoms with Crippen molar-refractivity contribution in [1.29, 1.82) is 0 Å². The molecule has 2 aromatic carbocycles. The number of hydrogen-bond donors (Lipinski definition) is 4. The molecule has 0 amide bonds. The Bertz CT molecular complexity index is 1610. The Morgan fingerprint density at radius 2 is 1.94 bits per heavy atom. The van der Waals surface area contributed by atoms with E-state index in [4.69, 9.17) is 4.74 Å². The van der Waals surface area contributed by atoms with Crippen molar-refractivity contribution < 1.29 is 9.13 Å². The van der Waals surface area contributed by atoms with Crippen LogP contribution in [0.1, 0.15) is 30.5 Å². The molecule has 4 N–H and O–H groups in total. The quantitative estimate of drug-likeness (QED) is 0.299. The van der Waals surface area contributed by atoms with E-state index in [1.54, 1.807) is 30.6 Å². The number of hydrogen-bond acceptors (Lipinski definition) is 7. The zero-order valence-corrected chi connectivity index (χ0v) is 19.5. The van der Waals surface area contributed by atoms with E-state index in [0.29, 0.717) is 41.3 Å². The first kappa shape index (κ1) is 22.3. The van der Waals surface area contributed by atoms with Gasteiger partial charge in [0.1, 0.15) is 22.7 Å². The molecule has 2 unspecified atom stereocenters. The smallest absolute Gasteiger partial charge is 0.261 e. The molecular formula is C26H24FN7O2. The highest BCUT2D eigenvalue weighted by atomic mass is 19.1. The third-order valence-electron chi connectivity index (χ3n) is 6.39. The lowest BCUT2D eigenvalue weighted by molar-refractivity contribution is 0.0257. The van der Waals surface area contributed by atoms with Crippen LogP contribution in [0.3, 0.4) is 0 Å². The Balaban J connectivity index is 1.50. The Hall–Kier alpha value is -4.15. The van der Waals surface area contributed by atoms with Gasteiger partial charge in [-0.3, -0.25) is 4.79 Å². The Morgan fingerprint density at radius 1 is 1.11 bits per heavy atom. The molecule has 10 heteroatoms. The lowest BCUT2D eigenvalue weighted by atomic mass is 10.1. The minimum absolute atomic E-state index is 0.231. The number of para-hydroxylation sites is 1. The average Bonchev–Trinajstić information content (AvgIpc) is 3.34. The topological polar surface area (TPSA) is 121 Å². The van der Waals surface area contributed by atoms with Gasteiger partial charge in [-0.05, 0) is 25.1 Å². The molecule has 2 atom stereocenters. The second-order valence-electron chi connectivity index (χ2n) is 8.73. The van der Waals surface area contributed by atoms with E-state index in [1.807, 2.05) is 31.2 Å². The maximum Gasteiger partial charge on any atom is 0.261 e. The van der Waals surface area contributed by atoms with E-state index in [2.05, 4.69) is 35.6 Å². The SMILES string of the molecule is CC(Nc1c(-c2nc3ccc(C4CNCCO4)c(F)c3[nH]2)c(=O)[nH]c2ccccc12)c1ncccn1. The van der Waals surface area contributed by atoms with Gasteiger partial charge in [0.15, 0.2) is 5.82 Å². The summed E-state index contributed by atoms with van der Waals surface area (Å²) in [5.74, 6) is 0.409. The summed E-state index contributed by atoms with van der Waals surface area (Å²) in [7, 11) is 0. The van der Waals surface area contributed by atoms with Crippen molar-refractivity contribution in [3.63, 3.8) is 0 Å². The number of anilines is 1. The fourth-order valence-corrected chi connectivity index (χ4v) is 4.63. The standard InChI is InChI=1S/C26H24FN7O2/c1-14(24-29-9-4-10-30-24)31-22-15-5-2-3-6-17(15)33-26(35)20(22)25-32-18-8-7-16(21(27)23(18)34-25)19-13-28-11-12-36-19/h2-10,14,19,28H,11-13H2,1H3,(H,32,34)(H2,31,33,35). The summed E-state index contributed by atoms with van der Waals surface area (Å²) < 4.78 is 21.3. The molecule has 4 heterocycles. The van der Waals surface area contributed by atoms with E-state index in [9.17, 15) is 4.79 Å². The molecule has 9 nitrogen and oxygen atoms in total. The summed E-state index contributed by atoms with van der Waals surface area (Å²) in [6, 6.07) is 12.4. The third kappa shape index (κ3) is 3.90. The molecule has 0 spiro atoms. The number of rotatable bonds is 5. The normalized spacial score (nSPS) is 16.9. The number of imidazole rings is 1. The van der Waals surface area contributed by atoms with Gasteiger partial charge in [-0.15, -0.1) is 0 Å². The molecular weight excluding hydrogens is 461 g/mol. The summed E-state index contributed by atoms with van der Waals surface area (Å²) >= 11 is 0. The first-order chi connectivity index (χ1) is 17.6. The van der Waals surface area contributed by atoms with Crippen LogP contribution >= 0.6 is 0 Å². The zero-order valence-electron chi connectivity index (χ0n) is 19.5. The summed E-state index contributed by atoms with van der Waals surface area (Å²) in [6.45, 7) is 3.70. The Morgan fingerprint density at radius 3 is 2.75 bits per heavy atom. The predicted molar refractivity (Wildman–Crippen MR) is 135 cm³/mol. The molecule has 182 valence electrons. The Labute approximate surface area is 205 Å². The van der Waals surface area contributed by atoms with Gasteiger partial charge in [0.25, 0.3) is 5.56 Å². The minimum atomic E-state index is -0.433. The van der Waals surface area contributed by atoms with Gasteiger partial charge in [0.05, 0.1) is 35.5 Å². The largest absolute Gasteiger partial charge is 0.374 e. The summed E-state index contributed by atoms with van der Waals surface area (Å²) in [5, 5.41) is 7.42. The van der Waals surface area contributed by atoms with Crippen LogP contribution in [0.25, 0.3) is 33.3 Å². The number of pyridine rings is 1. The van der Waals surface area contributed by atoms with Gasteiger partial charge in [0, 0.05) is 36.4 Å². The van der Waals surface area contributed by atoms with Gasteiger partial charge in [-0.25, -0.2) is 19.3 Å². The molecule has 0 aliphatic carbocycles. The number of fused-ring (bicyclic) bond motifs is 2. The fraction of sp³-hybridized carbons (Fsp3) is 0.231. The van der Waals surface area contributed by atoms with E-state index >= 15 is 4.39 Å². The van der Waals surface area contributed by atoms with Crippen LogP contribution < -0.4 is 16.2 Å². The highest BCUT2D eigenvalue weighted by Gasteiger charge is 2.24. The number of nitrogens with one attached hydrogen (secondary N) is 4. The van der Waals surface area contributed by atoms with Crippen LogP contribution in [0.5, 0.6) is 0 Å². The number of aromatic nitrogens is 5. The molecule has 0 bridgehead atoms. The third-order valence-corrected chi connectivity index (χ3v) is 6.39. The van der Waals surface area contributed by atoms with Gasteiger partial charge in [-0.1, -0.05) is 24.3 Å². The number of nitrogens with zero attached hydrogens (tertiary/aromatic N) is 3. The van der Waals surface area contributed by atoms with Crippen molar-refractivity contribution in [2.45, 2.75) is 19.1 Å². The van der Waals surface area contributed by atoms with Gasteiger partial charge in [0.2, 0.25) is 0 Å². The van der Waals surface area contributed by atoms with Crippen LogP contribution in [-0.4, -0.2) is 44.6 Å². The van der Waals surface area contributed by atoms with Crippen molar-refractivity contribution in [3.05, 3.63) is 82.4 Å². The summed E-state index contributed by atoms with van der Waals surface area (Å²) in [6.07, 6.45) is 2.95. The second-order valence-corrected chi connectivity index (χ2v) is 8.73. The monoisotopic (exact) mass is 485 g/mol.